The number of aromatic nitrogens is 4. The van der Waals surface area contributed by atoms with Gasteiger partial charge in [-0.1, -0.05) is 24.6 Å². The Kier molecular flexibility index (Phi) is 3.75. The van der Waals surface area contributed by atoms with Crippen molar-refractivity contribution in [2.75, 3.05) is 0 Å². The Morgan fingerprint density at radius 2 is 2.32 bits per heavy atom. The minimum Gasteiger partial charge on any atom is -0.481 e. The number of halogens is 2. The van der Waals surface area contributed by atoms with E-state index in [1.165, 1.54) is 23.7 Å². The van der Waals surface area contributed by atoms with Gasteiger partial charge in [0.15, 0.2) is 11.6 Å². The molecule has 0 bridgehead atoms. The highest BCUT2D eigenvalue weighted by Gasteiger charge is 2.19. The van der Waals surface area contributed by atoms with Crippen LogP contribution in [0.3, 0.4) is 0 Å². The molecule has 0 saturated heterocycles. The minimum absolute atomic E-state index is 0.0432. The summed E-state index contributed by atoms with van der Waals surface area (Å²) in [5.74, 6) is -2.16. The summed E-state index contributed by atoms with van der Waals surface area (Å²) in [7, 11) is 0. The Labute approximate surface area is 112 Å². The lowest BCUT2D eigenvalue weighted by molar-refractivity contribution is -0.141. The van der Waals surface area contributed by atoms with Crippen molar-refractivity contribution in [3.63, 3.8) is 0 Å². The standard InChI is InChI=1S/C11H10ClFN4O2/c1-6(11(18)19)5-17-10(14-15-16-17)7-3-2-4-8(12)9(7)13/h2-4,6H,5H2,1H3,(H,18,19). The van der Waals surface area contributed by atoms with Gasteiger partial charge in [-0.2, -0.15) is 0 Å². The maximum absolute atomic E-state index is 13.9. The van der Waals surface area contributed by atoms with Crippen LogP contribution < -0.4 is 0 Å². The van der Waals surface area contributed by atoms with Crippen LogP contribution >= 0.6 is 11.6 Å². The smallest absolute Gasteiger partial charge is 0.308 e. The first-order valence-corrected chi connectivity index (χ1v) is 5.82. The zero-order valence-corrected chi connectivity index (χ0v) is 10.7. The molecule has 0 saturated carbocycles. The number of nitrogens with zero attached hydrogens (tertiary/aromatic N) is 4. The number of carboxylic acids is 1. The van der Waals surface area contributed by atoms with Crippen LogP contribution in [0.1, 0.15) is 6.92 Å². The fraction of sp³-hybridized carbons (Fsp3) is 0.273. The van der Waals surface area contributed by atoms with Gasteiger partial charge in [-0.25, -0.2) is 9.07 Å². The van der Waals surface area contributed by atoms with Gasteiger partial charge in [0.05, 0.1) is 23.0 Å². The first kappa shape index (κ1) is 13.4. The van der Waals surface area contributed by atoms with Gasteiger partial charge in [-0.3, -0.25) is 4.79 Å². The predicted molar refractivity (Wildman–Crippen MR) is 65.0 cm³/mol. The highest BCUT2D eigenvalue weighted by atomic mass is 35.5. The summed E-state index contributed by atoms with van der Waals surface area (Å²) in [6.45, 7) is 1.56. The fourth-order valence-corrected chi connectivity index (χ4v) is 1.71. The largest absolute Gasteiger partial charge is 0.481 e. The molecule has 0 amide bonds. The van der Waals surface area contributed by atoms with Crippen LogP contribution in [-0.4, -0.2) is 31.3 Å². The summed E-state index contributed by atoms with van der Waals surface area (Å²) in [4.78, 5) is 10.8. The summed E-state index contributed by atoms with van der Waals surface area (Å²) < 4.78 is 15.1. The second-order valence-electron chi connectivity index (χ2n) is 4.03. The van der Waals surface area contributed by atoms with Crippen molar-refractivity contribution in [1.82, 2.24) is 20.2 Å². The van der Waals surface area contributed by atoms with E-state index in [4.69, 9.17) is 16.7 Å². The Bertz CT molecular complexity index is 616. The Morgan fingerprint density at radius 1 is 1.58 bits per heavy atom. The molecule has 1 heterocycles. The molecule has 0 spiro atoms. The van der Waals surface area contributed by atoms with E-state index in [2.05, 4.69) is 15.5 Å². The maximum Gasteiger partial charge on any atom is 0.308 e. The first-order valence-electron chi connectivity index (χ1n) is 5.44. The third-order valence-electron chi connectivity index (χ3n) is 2.59. The van der Waals surface area contributed by atoms with Gasteiger partial charge in [0.25, 0.3) is 0 Å². The van der Waals surface area contributed by atoms with E-state index < -0.39 is 17.7 Å². The lowest BCUT2D eigenvalue weighted by atomic mass is 10.1. The molecule has 8 heteroatoms. The molecule has 0 aliphatic carbocycles. The number of carbonyl (C=O) groups is 1. The number of tetrazole rings is 1. The molecule has 0 aliphatic rings. The SMILES string of the molecule is CC(Cn1nnnc1-c1cccc(Cl)c1F)C(=O)O. The van der Waals surface area contributed by atoms with E-state index >= 15 is 0 Å². The Balaban J connectivity index is 2.39. The van der Waals surface area contributed by atoms with Crippen molar-refractivity contribution >= 4 is 17.6 Å². The molecule has 100 valence electrons. The second-order valence-corrected chi connectivity index (χ2v) is 4.43. The lowest BCUT2D eigenvalue weighted by Gasteiger charge is -2.08. The van der Waals surface area contributed by atoms with E-state index in [0.29, 0.717) is 0 Å². The highest BCUT2D eigenvalue weighted by Crippen LogP contribution is 2.25. The molecule has 1 atom stereocenters. The van der Waals surface area contributed by atoms with Crippen molar-refractivity contribution in [1.29, 1.82) is 0 Å². The number of hydrogen-bond donors (Lipinski definition) is 1. The third-order valence-corrected chi connectivity index (χ3v) is 2.88. The summed E-state index contributed by atoms with van der Waals surface area (Å²) >= 11 is 5.69. The van der Waals surface area contributed by atoms with Crippen LogP contribution in [0.5, 0.6) is 0 Å². The molecule has 1 N–H and O–H groups in total. The molecule has 19 heavy (non-hydrogen) atoms. The Morgan fingerprint density at radius 3 is 3.00 bits per heavy atom. The van der Waals surface area contributed by atoms with Crippen molar-refractivity contribution < 1.29 is 14.3 Å². The molecular weight excluding hydrogens is 275 g/mol. The predicted octanol–water partition coefficient (Wildman–Crippen LogP) is 1.85. The number of carboxylic acid groups (broad SMARTS) is 1. The molecule has 1 aromatic heterocycles. The van der Waals surface area contributed by atoms with E-state index in [1.807, 2.05) is 0 Å². The molecule has 1 unspecified atom stereocenters. The minimum atomic E-state index is -0.979. The summed E-state index contributed by atoms with van der Waals surface area (Å²) in [5.41, 5.74) is 0.134. The topological polar surface area (TPSA) is 80.9 Å². The van der Waals surface area contributed by atoms with Gasteiger partial charge in [-0.15, -0.1) is 5.10 Å². The summed E-state index contributed by atoms with van der Waals surface area (Å²) in [6.07, 6.45) is 0. The van der Waals surface area contributed by atoms with Gasteiger partial charge in [0, 0.05) is 0 Å². The third kappa shape index (κ3) is 2.70. The van der Waals surface area contributed by atoms with E-state index in [0.717, 1.165) is 0 Å². The molecule has 0 radical (unpaired) electrons. The molecular formula is C11H10ClFN4O2. The Hall–Kier alpha value is -2.02. The van der Waals surface area contributed by atoms with Crippen molar-refractivity contribution in [2.24, 2.45) is 5.92 Å². The van der Waals surface area contributed by atoms with Crippen LogP contribution in [0.4, 0.5) is 4.39 Å². The van der Waals surface area contributed by atoms with Gasteiger partial charge in [0.1, 0.15) is 0 Å². The zero-order chi connectivity index (χ0) is 14.0. The van der Waals surface area contributed by atoms with Crippen molar-refractivity contribution in [2.45, 2.75) is 13.5 Å². The number of benzene rings is 1. The van der Waals surface area contributed by atoms with Gasteiger partial charge < -0.3 is 5.11 Å². The van der Waals surface area contributed by atoms with Crippen molar-refractivity contribution in [3.05, 3.63) is 29.0 Å². The van der Waals surface area contributed by atoms with Crippen LogP contribution in [0.25, 0.3) is 11.4 Å². The highest BCUT2D eigenvalue weighted by molar-refractivity contribution is 6.31. The maximum atomic E-state index is 13.9. The molecule has 2 rings (SSSR count). The molecule has 0 aliphatic heterocycles. The normalized spacial score (nSPS) is 12.4. The average molecular weight is 285 g/mol. The lowest BCUT2D eigenvalue weighted by Crippen LogP contribution is -2.18. The molecule has 2 aromatic rings. The van der Waals surface area contributed by atoms with Gasteiger partial charge >= 0.3 is 5.97 Å². The summed E-state index contributed by atoms with van der Waals surface area (Å²) in [6, 6.07) is 4.46. The van der Waals surface area contributed by atoms with Crippen LogP contribution in [0.2, 0.25) is 5.02 Å². The van der Waals surface area contributed by atoms with E-state index in [-0.39, 0.29) is 23.0 Å². The summed E-state index contributed by atoms with van der Waals surface area (Å²) in [5, 5.41) is 19.6. The number of rotatable bonds is 4. The molecule has 0 fully saturated rings. The molecule has 6 nitrogen and oxygen atoms in total. The van der Waals surface area contributed by atoms with E-state index in [1.54, 1.807) is 6.07 Å². The van der Waals surface area contributed by atoms with Crippen molar-refractivity contribution in [3.8, 4) is 11.4 Å². The number of hydrogen-bond acceptors (Lipinski definition) is 4. The van der Waals surface area contributed by atoms with Crippen LogP contribution in [-0.2, 0) is 11.3 Å². The molecule has 1 aromatic carbocycles. The fourth-order valence-electron chi connectivity index (χ4n) is 1.53. The first-order chi connectivity index (χ1) is 9.00. The van der Waals surface area contributed by atoms with E-state index in [9.17, 15) is 9.18 Å². The van der Waals surface area contributed by atoms with Crippen LogP contribution in [0.15, 0.2) is 18.2 Å². The second kappa shape index (κ2) is 5.31. The van der Waals surface area contributed by atoms with Gasteiger partial charge in [-0.05, 0) is 22.6 Å². The monoisotopic (exact) mass is 284 g/mol. The average Bonchev–Trinajstić information content (AvgIpc) is 2.80. The number of aliphatic carboxylic acids is 1. The van der Waals surface area contributed by atoms with Crippen LogP contribution in [0, 0.1) is 11.7 Å². The quantitative estimate of drug-likeness (QED) is 0.927. The zero-order valence-electron chi connectivity index (χ0n) is 9.92. The van der Waals surface area contributed by atoms with Gasteiger partial charge in [0.2, 0.25) is 0 Å².